The van der Waals surface area contributed by atoms with E-state index in [1.54, 1.807) is 0 Å². The van der Waals surface area contributed by atoms with Crippen LogP contribution in [0.15, 0.2) is 45.3 Å². The molecule has 3 rings (SSSR count). The van der Waals surface area contributed by atoms with E-state index in [9.17, 15) is 0 Å². The minimum absolute atomic E-state index is 0.238. The predicted octanol–water partition coefficient (Wildman–Crippen LogP) is 4.79. The first kappa shape index (κ1) is 14.9. The molecular formula is C16H15Br2NO2. The molecule has 0 fully saturated rings. The number of nitrogens with one attached hydrogen (secondary N) is 1. The Hall–Kier alpha value is -1.04. The van der Waals surface area contributed by atoms with Crippen molar-refractivity contribution in [2.24, 2.45) is 0 Å². The Balaban J connectivity index is 1.66. The highest BCUT2D eigenvalue weighted by molar-refractivity contribution is 9.13. The molecule has 2 aromatic rings. The number of rotatable bonds is 4. The molecule has 0 bridgehead atoms. The van der Waals surface area contributed by atoms with Gasteiger partial charge in [0.15, 0.2) is 11.5 Å². The summed E-state index contributed by atoms with van der Waals surface area (Å²) >= 11 is 7.01. The van der Waals surface area contributed by atoms with E-state index >= 15 is 0 Å². The van der Waals surface area contributed by atoms with Crippen LogP contribution in [0.5, 0.6) is 11.5 Å². The van der Waals surface area contributed by atoms with Gasteiger partial charge in [0.05, 0.1) is 0 Å². The van der Waals surface area contributed by atoms with Gasteiger partial charge in [-0.05, 0) is 74.2 Å². The van der Waals surface area contributed by atoms with Gasteiger partial charge < -0.3 is 14.8 Å². The molecule has 0 aromatic heterocycles. The molecule has 0 saturated heterocycles. The molecule has 0 amide bonds. The van der Waals surface area contributed by atoms with Gasteiger partial charge in [-0.25, -0.2) is 0 Å². The van der Waals surface area contributed by atoms with Crippen molar-refractivity contribution in [2.45, 2.75) is 19.5 Å². The van der Waals surface area contributed by atoms with E-state index in [-0.39, 0.29) is 6.04 Å². The standard InChI is InChI=1S/C16H15Br2NO2/c1-10(12-3-5-15-16(7-12)21-9-20-15)19-8-11-2-4-13(17)14(18)6-11/h2-7,10,19H,8-9H2,1H3. The minimum atomic E-state index is 0.238. The van der Waals surface area contributed by atoms with Crippen molar-refractivity contribution in [2.75, 3.05) is 6.79 Å². The topological polar surface area (TPSA) is 30.5 Å². The molecule has 0 spiro atoms. The van der Waals surface area contributed by atoms with Gasteiger partial charge in [0.1, 0.15) is 0 Å². The highest BCUT2D eigenvalue weighted by Crippen LogP contribution is 2.34. The summed E-state index contributed by atoms with van der Waals surface area (Å²) in [5, 5.41) is 3.52. The van der Waals surface area contributed by atoms with Crippen LogP contribution >= 0.6 is 31.9 Å². The van der Waals surface area contributed by atoms with Gasteiger partial charge in [-0.15, -0.1) is 0 Å². The second kappa shape index (κ2) is 6.38. The zero-order chi connectivity index (χ0) is 14.8. The fraction of sp³-hybridized carbons (Fsp3) is 0.250. The lowest BCUT2D eigenvalue weighted by Gasteiger charge is -2.15. The summed E-state index contributed by atoms with van der Waals surface area (Å²) in [6, 6.07) is 12.6. The van der Waals surface area contributed by atoms with Gasteiger partial charge >= 0.3 is 0 Å². The molecule has 110 valence electrons. The normalized spacial score (nSPS) is 14.2. The van der Waals surface area contributed by atoms with Crippen molar-refractivity contribution >= 4 is 31.9 Å². The monoisotopic (exact) mass is 411 g/mol. The number of fused-ring (bicyclic) bond motifs is 1. The van der Waals surface area contributed by atoms with E-state index in [2.05, 4.69) is 62.3 Å². The van der Waals surface area contributed by atoms with Crippen LogP contribution < -0.4 is 14.8 Å². The highest BCUT2D eigenvalue weighted by atomic mass is 79.9. The first-order valence-electron chi connectivity index (χ1n) is 6.70. The summed E-state index contributed by atoms with van der Waals surface area (Å²) in [4.78, 5) is 0. The van der Waals surface area contributed by atoms with Gasteiger partial charge in [-0.2, -0.15) is 0 Å². The Kier molecular flexibility index (Phi) is 4.52. The van der Waals surface area contributed by atoms with Crippen LogP contribution in [-0.2, 0) is 6.54 Å². The van der Waals surface area contributed by atoms with Crippen LogP contribution in [-0.4, -0.2) is 6.79 Å². The fourth-order valence-electron chi connectivity index (χ4n) is 2.22. The van der Waals surface area contributed by atoms with Gasteiger partial charge in [-0.1, -0.05) is 12.1 Å². The van der Waals surface area contributed by atoms with E-state index in [0.717, 1.165) is 27.0 Å². The van der Waals surface area contributed by atoms with E-state index < -0.39 is 0 Å². The van der Waals surface area contributed by atoms with Crippen molar-refractivity contribution in [3.05, 3.63) is 56.5 Å². The van der Waals surface area contributed by atoms with Gasteiger partial charge in [0.25, 0.3) is 0 Å². The smallest absolute Gasteiger partial charge is 0.231 e. The third-order valence-corrected chi connectivity index (χ3v) is 5.37. The number of hydrogen-bond acceptors (Lipinski definition) is 3. The molecule has 2 aromatic carbocycles. The van der Waals surface area contributed by atoms with E-state index in [4.69, 9.17) is 9.47 Å². The second-order valence-electron chi connectivity index (χ2n) is 4.96. The largest absolute Gasteiger partial charge is 0.454 e. The van der Waals surface area contributed by atoms with E-state index in [1.165, 1.54) is 11.1 Å². The lowest BCUT2D eigenvalue weighted by Crippen LogP contribution is -2.18. The first-order chi connectivity index (χ1) is 10.1. The quantitative estimate of drug-likeness (QED) is 0.782. The summed E-state index contributed by atoms with van der Waals surface area (Å²) in [6.45, 7) is 3.26. The van der Waals surface area contributed by atoms with Gasteiger partial charge in [-0.3, -0.25) is 0 Å². The molecule has 0 saturated carbocycles. The average Bonchev–Trinajstić information content (AvgIpc) is 2.95. The number of hydrogen-bond donors (Lipinski definition) is 1. The van der Waals surface area contributed by atoms with Crippen molar-refractivity contribution < 1.29 is 9.47 Å². The molecule has 1 aliphatic rings. The summed E-state index contributed by atoms with van der Waals surface area (Å²) in [5.41, 5.74) is 2.42. The van der Waals surface area contributed by atoms with Crippen molar-refractivity contribution in [3.63, 3.8) is 0 Å². The molecule has 0 aliphatic carbocycles. The summed E-state index contributed by atoms with van der Waals surface area (Å²) < 4.78 is 12.9. The zero-order valence-electron chi connectivity index (χ0n) is 11.5. The molecule has 1 aliphatic heterocycles. The lowest BCUT2D eigenvalue weighted by molar-refractivity contribution is 0.174. The minimum Gasteiger partial charge on any atom is -0.454 e. The lowest BCUT2D eigenvalue weighted by atomic mass is 10.1. The maximum atomic E-state index is 5.42. The van der Waals surface area contributed by atoms with Gasteiger partial charge in [0.2, 0.25) is 6.79 Å². The molecule has 3 nitrogen and oxygen atoms in total. The maximum Gasteiger partial charge on any atom is 0.231 e. The Morgan fingerprint density at radius 3 is 2.67 bits per heavy atom. The third kappa shape index (κ3) is 3.42. The predicted molar refractivity (Wildman–Crippen MR) is 89.7 cm³/mol. The summed E-state index contributed by atoms with van der Waals surface area (Å²) in [5.74, 6) is 1.65. The van der Waals surface area contributed by atoms with E-state index in [0.29, 0.717) is 6.79 Å². The van der Waals surface area contributed by atoms with E-state index in [1.807, 2.05) is 18.2 Å². The number of halogens is 2. The fourth-order valence-corrected chi connectivity index (χ4v) is 2.89. The second-order valence-corrected chi connectivity index (χ2v) is 6.67. The highest BCUT2D eigenvalue weighted by Gasteiger charge is 2.15. The number of benzene rings is 2. The Bertz CT molecular complexity index is 661. The summed E-state index contributed by atoms with van der Waals surface area (Å²) in [7, 11) is 0. The number of ether oxygens (including phenoxy) is 2. The first-order valence-corrected chi connectivity index (χ1v) is 8.29. The molecule has 1 N–H and O–H groups in total. The SMILES string of the molecule is CC(NCc1ccc(Br)c(Br)c1)c1ccc2c(c1)OCO2. The molecule has 1 unspecified atom stereocenters. The molecular weight excluding hydrogens is 398 g/mol. The maximum absolute atomic E-state index is 5.42. The molecule has 1 heterocycles. The van der Waals surface area contributed by atoms with Crippen molar-refractivity contribution in [1.82, 2.24) is 5.32 Å². The average molecular weight is 413 g/mol. The van der Waals surface area contributed by atoms with Gasteiger partial charge in [0, 0.05) is 21.5 Å². The molecule has 5 heteroatoms. The molecule has 0 radical (unpaired) electrons. The van der Waals surface area contributed by atoms with Crippen LogP contribution in [0.3, 0.4) is 0 Å². The Labute approximate surface area is 140 Å². The van der Waals surface area contributed by atoms with Crippen LogP contribution in [0.25, 0.3) is 0 Å². The van der Waals surface area contributed by atoms with Crippen LogP contribution in [0.2, 0.25) is 0 Å². The Morgan fingerprint density at radius 1 is 1.05 bits per heavy atom. The zero-order valence-corrected chi connectivity index (χ0v) is 14.7. The van der Waals surface area contributed by atoms with Crippen molar-refractivity contribution in [3.8, 4) is 11.5 Å². The van der Waals surface area contributed by atoms with Crippen LogP contribution in [0.4, 0.5) is 0 Å². The summed E-state index contributed by atoms with van der Waals surface area (Å²) in [6.07, 6.45) is 0. The van der Waals surface area contributed by atoms with Crippen LogP contribution in [0.1, 0.15) is 24.1 Å². The van der Waals surface area contributed by atoms with Crippen molar-refractivity contribution in [1.29, 1.82) is 0 Å². The molecule has 1 atom stereocenters. The third-order valence-electron chi connectivity index (χ3n) is 3.49. The molecule has 21 heavy (non-hydrogen) atoms. The Morgan fingerprint density at radius 2 is 1.86 bits per heavy atom. The van der Waals surface area contributed by atoms with Crippen LogP contribution in [0, 0.1) is 0 Å².